The highest BCUT2D eigenvalue weighted by Crippen LogP contribution is 2.11. The lowest BCUT2D eigenvalue weighted by atomic mass is 10.1. The fourth-order valence-electron chi connectivity index (χ4n) is 2.12. The molecule has 0 aliphatic heterocycles. The Morgan fingerprint density at radius 1 is 1.36 bits per heavy atom. The van der Waals surface area contributed by atoms with E-state index in [1.54, 1.807) is 30.5 Å². The number of ether oxygens (including phenoxy) is 1. The molecule has 0 bridgehead atoms. The highest BCUT2D eigenvalue weighted by atomic mass is 16.5. The zero-order valence-electron chi connectivity index (χ0n) is 14.5. The van der Waals surface area contributed by atoms with Crippen molar-refractivity contribution in [3.05, 3.63) is 42.2 Å². The Hall–Kier alpha value is -2.74. The molecule has 0 saturated heterocycles. The maximum absolute atomic E-state index is 12.4. The molecule has 0 saturated carbocycles. The van der Waals surface area contributed by atoms with Gasteiger partial charge in [0.2, 0.25) is 0 Å². The zero-order valence-corrected chi connectivity index (χ0v) is 14.5. The van der Waals surface area contributed by atoms with Crippen LogP contribution in [0, 0.1) is 0 Å². The zero-order chi connectivity index (χ0) is 18.4. The summed E-state index contributed by atoms with van der Waals surface area (Å²) in [6.07, 6.45) is 3.37. The van der Waals surface area contributed by atoms with Gasteiger partial charge in [0, 0.05) is 18.6 Å². The van der Waals surface area contributed by atoms with Gasteiger partial charge in [-0.1, -0.05) is 11.3 Å². The second-order valence-electron chi connectivity index (χ2n) is 6.51. The van der Waals surface area contributed by atoms with Gasteiger partial charge in [0.25, 0.3) is 5.91 Å². The first-order valence-corrected chi connectivity index (χ1v) is 7.90. The highest BCUT2D eigenvalue weighted by molar-refractivity contribution is 5.97. The van der Waals surface area contributed by atoms with E-state index in [4.69, 9.17) is 4.74 Å². The molecule has 1 aromatic heterocycles. The molecular weight excluding hydrogens is 324 g/mol. The SMILES string of the molecule is CC(C)(C)OCCC(NC(=O)c1cccc(-n2ccnn2)c1)C(=O)O. The van der Waals surface area contributed by atoms with E-state index in [0.29, 0.717) is 11.3 Å². The molecule has 1 unspecified atom stereocenters. The summed E-state index contributed by atoms with van der Waals surface area (Å²) in [5, 5.41) is 19.4. The van der Waals surface area contributed by atoms with Crippen molar-refractivity contribution >= 4 is 11.9 Å². The number of hydrogen-bond donors (Lipinski definition) is 2. The molecule has 1 heterocycles. The van der Waals surface area contributed by atoms with E-state index in [0.717, 1.165) is 0 Å². The van der Waals surface area contributed by atoms with Gasteiger partial charge in [-0.25, -0.2) is 9.48 Å². The summed E-state index contributed by atoms with van der Waals surface area (Å²) >= 11 is 0. The lowest BCUT2D eigenvalue weighted by Gasteiger charge is -2.21. The van der Waals surface area contributed by atoms with Crippen LogP contribution >= 0.6 is 0 Å². The van der Waals surface area contributed by atoms with Gasteiger partial charge in [-0.2, -0.15) is 0 Å². The number of nitrogens with zero attached hydrogens (tertiary/aromatic N) is 3. The first-order valence-electron chi connectivity index (χ1n) is 7.90. The molecular formula is C17H22N4O4. The van der Waals surface area contributed by atoms with Crippen LogP contribution in [0.1, 0.15) is 37.6 Å². The number of rotatable bonds is 7. The Kier molecular flexibility index (Phi) is 5.87. The average molecular weight is 346 g/mol. The van der Waals surface area contributed by atoms with Crippen LogP contribution in [0.2, 0.25) is 0 Å². The van der Waals surface area contributed by atoms with Crippen LogP contribution in [0.25, 0.3) is 5.69 Å². The van der Waals surface area contributed by atoms with E-state index in [-0.39, 0.29) is 18.6 Å². The summed E-state index contributed by atoms with van der Waals surface area (Å²) in [5.74, 6) is -1.57. The molecule has 0 radical (unpaired) electrons. The van der Waals surface area contributed by atoms with Crippen molar-refractivity contribution in [1.29, 1.82) is 0 Å². The first kappa shape index (κ1) is 18.6. The van der Waals surface area contributed by atoms with Gasteiger partial charge < -0.3 is 15.2 Å². The third-order valence-electron chi connectivity index (χ3n) is 3.34. The van der Waals surface area contributed by atoms with E-state index in [1.165, 1.54) is 10.9 Å². The quantitative estimate of drug-likeness (QED) is 0.790. The minimum atomic E-state index is -1.10. The molecule has 8 heteroatoms. The molecule has 134 valence electrons. The van der Waals surface area contributed by atoms with E-state index >= 15 is 0 Å². The molecule has 25 heavy (non-hydrogen) atoms. The van der Waals surface area contributed by atoms with Gasteiger partial charge in [0.1, 0.15) is 6.04 Å². The number of aromatic nitrogens is 3. The second kappa shape index (κ2) is 7.89. The summed E-state index contributed by atoms with van der Waals surface area (Å²) in [7, 11) is 0. The van der Waals surface area contributed by atoms with Crippen molar-refractivity contribution in [2.75, 3.05) is 6.61 Å². The monoisotopic (exact) mass is 346 g/mol. The summed E-state index contributed by atoms with van der Waals surface area (Å²) in [6, 6.07) is 5.68. The van der Waals surface area contributed by atoms with E-state index in [1.807, 2.05) is 20.8 Å². The molecule has 0 aliphatic carbocycles. The Bertz CT molecular complexity index is 722. The summed E-state index contributed by atoms with van der Waals surface area (Å²) in [4.78, 5) is 23.8. The van der Waals surface area contributed by atoms with Crippen molar-refractivity contribution in [1.82, 2.24) is 20.3 Å². The lowest BCUT2D eigenvalue weighted by Crippen LogP contribution is -2.42. The predicted molar refractivity (Wildman–Crippen MR) is 90.6 cm³/mol. The summed E-state index contributed by atoms with van der Waals surface area (Å²) in [5.41, 5.74) is 0.642. The van der Waals surface area contributed by atoms with Crippen molar-refractivity contribution in [3.8, 4) is 5.69 Å². The average Bonchev–Trinajstić information content (AvgIpc) is 3.07. The molecule has 0 aliphatic rings. The van der Waals surface area contributed by atoms with Gasteiger partial charge in [0.05, 0.1) is 23.7 Å². The minimum Gasteiger partial charge on any atom is -0.480 e. The van der Waals surface area contributed by atoms with Crippen molar-refractivity contribution in [2.45, 2.75) is 38.8 Å². The molecule has 1 amide bonds. The molecule has 2 N–H and O–H groups in total. The Morgan fingerprint density at radius 2 is 2.12 bits per heavy atom. The largest absolute Gasteiger partial charge is 0.480 e. The number of aliphatic carboxylic acids is 1. The number of amides is 1. The fourth-order valence-corrected chi connectivity index (χ4v) is 2.12. The van der Waals surface area contributed by atoms with Gasteiger partial charge in [0.15, 0.2) is 0 Å². The molecule has 0 spiro atoms. The molecule has 2 rings (SSSR count). The van der Waals surface area contributed by atoms with E-state index in [2.05, 4.69) is 15.6 Å². The maximum Gasteiger partial charge on any atom is 0.326 e. The van der Waals surface area contributed by atoms with Crippen LogP contribution < -0.4 is 5.32 Å². The van der Waals surface area contributed by atoms with Crippen molar-refractivity contribution < 1.29 is 19.4 Å². The molecule has 8 nitrogen and oxygen atoms in total. The number of hydrogen-bond acceptors (Lipinski definition) is 5. The minimum absolute atomic E-state index is 0.182. The van der Waals surface area contributed by atoms with E-state index < -0.39 is 17.9 Å². The topological polar surface area (TPSA) is 106 Å². The second-order valence-corrected chi connectivity index (χ2v) is 6.51. The summed E-state index contributed by atoms with van der Waals surface area (Å²) in [6.45, 7) is 5.89. The van der Waals surface area contributed by atoms with Gasteiger partial charge in [-0.05, 0) is 39.0 Å². The van der Waals surface area contributed by atoms with Crippen LogP contribution in [0.5, 0.6) is 0 Å². The predicted octanol–water partition coefficient (Wildman–Crippen LogP) is 1.66. The third-order valence-corrected chi connectivity index (χ3v) is 3.34. The van der Waals surface area contributed by atoms with Crippen molar-refractivity contribution in [2.24, 2.45) is 0 Å². The number of carboxylic acids is 1. The molecule has 1 atom stereocenters. The van der Waals surface area contributed by atoms with Crippen LogP contribution in [0.3, 0.4) is 0 Å². The maximum atomic E-state index is 12.4. The fraction of sp³-hybridized carbons (Fsp3) is 0.412. The van der Waals surface area contributed by atoms with E-state index in [9.17, 15) is 14.7 Å². The summed E-state index contributed by atoms with van der Waals surface area (Å²) < 4.78 is 7.05. The number of carbonyl (C=O) groups excluding carboxylic acids is 1. The smallest absolute Gasteiger partial charge is 0.326 e. The van der Waals surface area contributed by atoms with Crippen LogP contribution in [0.15, 0.2) is 36.7 Å². The number of benzene rings is 1. The van der Waals surface area contributed by atoms with Crippen LogP contribution in [-0.4, -0.2) is 50.2 Å². The standard InChI is InChI=1S/C17H22N4O4/c1-17(2,3)25-10-7-14(16(23)24)19-15(22)12-5-4-6-13(11-12)21-9-8-18-20-21/h4-6,8-9,11,14H,7,10H2,1-3H3,(H,19,22)(H,23,24). The van der Waals surface area contributed by atoms with Crippen molar-refractivity contribution in [3.63, 3.8) is 0 Å². The van der Waals surface area contributed by atoms with Crippen LogP contribution in [-0.2, 0) is 9.53 Å². The number of carboxylic acid groups (broad SMARTS) is 1. The lowest BCUT2D eigenvalue weighted by molar-refractivity contribution is -0.140. The normalized spacial score (nSPS) is 12.6. The Labute approximate surface area is 145 Å². The Morgan fingerprint density at radius 3 is 2.72 bits per heavy atom. The molecule has 2 aromatic rings. The number of nitrogens with one attached hydrogen (secondary N) is 1. The Balaban J connectivity index is 2.03. The molecule has 0 fully saturated rings. The van der Waals surface area contributed by atoms with Crippen LogP contribution in [0.4, 0.5) is 0 Å². The van der Waals surface area contributed by atoms with Gasteiger partial charge in [-0.15, -0.1) is 5.10 Å². The molecule has 1 aromatic carbocycles. The first-order chi connectivity index (χ1) is 11.8. The highest BCUT2D eigenvalue weighted by Gasteiger charge is 2.22. The third kappa shape index (κ3) is 5.68. The van der Waals surface area contributed by atoms with Gasteiger partial charge in [-0.3, -0.25) is 4.79 Å². The number of carbonyl (C=O) groups is 2. The van der Waals surface area contributed by atoms with Gasteiger partial charge >= 0.3 is 5.97 Å².